The molecule has 1 atom stereocenters. The molecule has 0 fully saturated rings. The number of rotatable bonds is 7. The lowest BCUT2D eigenvalue weighted by atomic mass is 9.81. The molecule has 0 amide bonds. The number of alkyl halides is 3. The normalized spacial score (nSPS) is 16.5. The highest BCUT2D eigenvalue weighted by atomic mass is 19.4. The van der Waals surface area contributed by atoms with Gasteiger partial charge in [-0.2, -0.15) is 13.2 Å². The van der Waals surface area contributed by atoms with Crippen molar-refractivity contribution in [3.05, 3.63) is 82.4 Å². The number of ether oxygens (including phenoxy) is 1. The van der Waals surface area contributed by atoms with Gasteiger partial charge in [0.05, 0.1) is 19.3 Å². The van der Waals surface area contributed by atoms with E-state index < -0.39 is 17.7 Å². The molecule has 164 valence electrons. The minimum Gasteiger partial charge on any atom is -0.497 e. The molecule has 4 nitrogen and oxygen atoms in total. The molecule has 2 aromatic carbocycles. The molecule has 0 aromatic heterocycles. The topological polar surface area (TPSA) is 66.8 Å². The quantitative estimate of drug-likeness (QED) is 0.630. The van der Waals surface area contributed by atoms with Gasteiger partial charge in [-0.3, -0.25) is 4.79 Å². The monoisotopic (exact) mass is 432 g/mol. The van der Waals surface area contributed by atoms with Crippen molar-refractivity contribution in [3.8, 4) is 5.75 Å². The zero-order valence-electron chi connectivity index (χ0n) is 16.9. The van der Waals surface area contributed by atoms with Crippen LogP contribution in [0.25, 0.3) is 5.57 Å². The fourth-order valence-electron chi connectivity index (χ4n) is 3.81. The van der Waals surface area contributed by atoms with E-state index in [-0.39, 0.29) is 18.9 Å². The van der Waals surface area contributed by atoms with Gasteiger partial charge < -0.3 is 14.9 Å². The summed E-state index contributed by atoms with van der Waals surface area (Å²) < 4.78 is 44.6. The van der Waals surface area contributed by atoms with Gasteiger partial charge in [-0.05, 0) is 58.9 Å². The number of aliphatic hydroxyl groups is 1. The Morgan fingerprint density at radius 3 is 2.61 bits per heavy atom. The summed E-state index contributed by atoms with van der Waals surface area (Å²) in [6.45, 7) is -0.293. The van der Waals surface area contributed by atoms with Crippen LogP contribution in [0, 0.1) is 0 Å². The van der Waals surface area contributed by atoms with Crippen LogP contribution in [0.5, 0.6) is 5.75 Å². The molecule has 0 heterocycles. The van der Waals surface area contributed by atoms with E-state index in [1.165, 1.54) is 13.2 Å². The van der Waals surface area contributed by atoms with Gasteiger partial charge in [0.25, 0.3) is 0 Å². The SMILES string of the molecule is COc1ccc(C2=CCC(c3cccc(C(F)(F)F)c3)C(CO)=C2)c(CCC(=O)O)c1. The number of benzene rings is 2. The van der Waals surface area contributed by atoms with Crippen molar-refractivity contribution < 1.29 is 32.9 Å². The minimum atomic E-state index is -4.43. The average Bonchev–Trinajstić information content (AvgIpc) is 2.76. The lowest BCUT2D eigenvalue weighted by Gasteiger charge is -2.25. The molecule has 1 aliphatic carbocycles. The Balaban J connectivity index is 1.94. The predicted octanol–water partition coefficient (Wildman–Crippen LogP) is 5.22. The third-order valence-electron chi connectivity index (χ3n) is 5.39. The summed E-state index contributed by atoms with van der Waals surface area (Å²) >= 11 is 0. The summed E-state index contributed by atoms with van der Waals surface area (Å²) in [7, 11) is 1.53. The van der Waals surface area contributed by atoms with Gasteiger partial charge in [0.2, 0.25) is 0 Å². The first kappa shape index (κ1) is 22.6. The van der Waals surface area contributed by atoms with Gasteiger partial charge in [0.15, 0.2) is 0 Å². The number of carboxylic acid groups (broad SMARTS) is 1. The molecule has 2 aromatic rings. The Morgan fingerprint density at radius 1 is 1.19 bits per heavy atom. The van der Waals surface area contributed by atoms with Crippen molar-refractivity contribution >= 4 is 11.5 Å². The number of allylic oxidation sites excluding steroid dienone is 3. The highest BCUT2D eigenvalue weighted by Gasteiger charge is 2.31. The third-order valence-corrected chi connectivity index (χ3v) is 5.39. The Bertz CT molecular complexity index is 1020. The molecule has 7 heteroatoms. The molecule has 0 aliphatic heterocycles. The maximum atomic E-state index is 13.1. The van der Waals surface area contributed by atoms with E-state index >= 15 is 0 Å². The van der Waals surface area contributed by atoms with Gasteiger partial charge in [0, 0.05) is 12.3 Å². The Kier molecular flexibility index (Phi) is 6.85. The van der Waals surface area contributed by atoms with Crippen LogP contribution in [0.3, 0.4) is 0 Å². The molecule has 0 saturated carbocycles. The summed E-state index contributed by atoms with van der Waals surface area (Å²) in [5.74, 6) is -0.673. The van der Waals surface area contributed by atoms with E-state index in [1.54, 1.807) is 24.3 Å². The second kappa shape index (κ2) is 9.39. The first-order valence-corrected chi connectivity index (χ1v) is 9.80. The second-order valence-corrected chi connectivity index (χ2v) is 7.37. The highest BCUT2D eigenvalue weighted by Crippen LogP contribution is 2.39. The van der Waals surface area contributed by atoms with Gasteiger partial charge >= 0.3 is 12.1 Å². The van der Waals surface area contributed by atoms with Crippen molar-refractivity contribution in [1.82, 2.24) is 0 Å². The molecule has 1 aliphatic rings. The molecular formula is C24H23F3O4. The van der Waals surface area contributed by atoms with Crippen LogP contribution >= 0.6 is 0 Å². The molecule has 0 spiro atoms. The standard InChI is InChI=1S/C24H23F3O4/c1-31-20-7-9-21(17(13-20)6-10-23(29)30)16-5-8-22(18(11-16)14-28)15-3-2-4-19(12-15)24(25,26)27/h2-5,7,9,11-13,22,28H,6,8,10,14H2,1H3,(H,29,30). The molecule has 0 saturated heterocycles. The number of aliphatic hydroxyl groups excluding tert-OH is 1. The van der Waals surface area contributed by atoms with Gasteiger partial charge in [-0.1, -0.05) is 36.4 Å². The summed E-state index contributed by atoms with van der Waals surface area (Å²) in [6.07, 6.45) is -0.0591. The van der Waals surface area contributed by atoms with Crippen LogP contribution in [-0.2, 0) is 17.4 Å². The fourth-order valence-corrected chi connectivity index (χ4v) is 3.81. The molecule has 1 unspecified atom stereocenters. The average molecular weight is 432 g/mol. The number of carboxylic acids is 1. The van der Waals surface area contributed by atoms with Crippen molar-refractivity contribution in [3.63, 3.8) is 0 Å². The Hall–Kier alpha value is -3.06. The maximum absolute atomic E-state index is 13.1. The summed E-state index contributed by atoms with van der Waals surface area (Å²) in [5.41, 5.74) is 2.79. The molecule has 0 bridgehead atoms. The van der Waals surface area contributed by atoms with Crippen molar-refractivity contribution in [2.75, 3.05) is 13.7 Å². The predicted molar refractivity (Wildman–Crippen MR) is 111 cm³/mol. The first-order chi connectivity index (χ1) is 14.7. The van der Waals surface area contributed by atoms with Crippen molar-refractivity contribution in [1.29, 1.82) is 0 Å². The van der Waals surface area contributed by atoms with Crippen LogP contribution in [0.1, 0.15) is 41.0 Å². The number of halogens is 3. The molecule has 2 N–H and O–H groups in total. The van der Waals surface area contributed by atoms with E-state index in [0.717, 1.165) is 28.8 Å². The Morgan fingerprint density at radius 2 is 1.97 bits per heavy atom. The van der Waals surface area contributed by atoms with Crippen molar-refractivity contribution in [2.24, 2.45) is 0 Å². The number of carbonyl (C=O) groups is 1. The lowest BCUT2D eigenvalue weighted by molar-refractivity contribution is -0.138. The number of methoxy groups -OCH3 is 1. The molecule has 0 radical (unpaired) electrons. The second-order valence-electron chi connectivity index (χ2n) is 7.37. The van der Waals surface area contributed by atoms with E-state index in [9.17, 15) is 23.1 Å². The smallest absolute Gasteiger partial charge is 0.416 e. The maximum Gasteiger partial charge on any atom is 0.416 e. The van der Waals surface area contributed by atoms with E-state index in [4.69, 9.17) is 9.84 Å². The van der Waals surface area contributed by atoms with E-state index in [1.807, 2.05) is 12.1 Å². The van der Waals surface area contributed by atoms with Crippen molar-refractivity contribution in [2.45, 2.75) is 31.4 Å². The fraction of sp³-hybridized carbons (Fsp3) is 0.292. The number of hydrogen-bond donors (Lipinski definition) is 2. The first-order valence-electron chi connectivity index (χ1n) is 9.80. The largest absolute Gasteiger partial charge is 0.497 e. The van der Waals surface area contributed by atoms with Crippen LogP contribution in [0.15, 0.2) is 60.2 Å². The highest BCUT2D eigenvalue weighted by molar-refractivity contribution is 5.79. The number of hydrogen-bond acceptors (Lipinski definition) is 3. The number of aryl methyl sites for hydroxylation is 1. The van der Waals surface area contributed by atoms with Crippen LogP contribution in [-0.4, -0.2) is 29.9 Å². The van der Waals surface area contributed by atoms with Gasteiger partial charge in [0.1, 0.15) is 5.75 Å². The van der Waals surface area contributed by atoms with Crippen LogP contribution in [0.4, 0.5) is 13.2 Å². The third kappa shape index (κ3) is 5.35. The van der Waals surface area contributed by atoms with E-state index in [2.05, 4.69) is 0 Å². The molecule has 3 rings (SSSR count). The van der Waals surface area contributed by atoms with E-state index in [0.29, 0.717) is 29.7 Å². The minimum absolute atomic E-state index is 0.0448. The van der Waals surface area contributed by atoms with Gasteiger partial charge in [-0.25, -0.2) is 0 Å². The molecule has 31 heavy (non-hydrogen) atoms. The van der Waals surface area contributed by atoms with Crippen LogP contribution < -0.4 is 4.74 Å². The zero-order chi connectivity index (χ0) is 22.6. The summed E-state index contributed by atoms with van der Waals surface area (Å²) in [4.78, 5) is 11.0. The molecular weight excluding hydrogens is 409 g/mol. The summed E-state index contributed by atoms with van der Waals surface area (Å²) in [5, 5.41) is 19.0. The lowest BCUT2D eigenvalue weighted by Crippen LogP contribution is -2.12. The van der Waals surface area contributed by atoms with Gasteiger partial charge in [-0.15, -0.1) is 0 Å². The number of aliphatic carboxylic acids is 1. The Labute approximate surface area is 178 Å². The zero-order valence-corrected chi connectivity index (χ0v) is 16.9. The summed E-state index contributed by atoms with van der Waals surface area (Å²) in [6, 6.07) is 10.5. The van der Waals surface area contributed by atoms with Crippen LogP contribution in [0.2, 0.25) is 0 Å².